The molecular formula is C17H29BN4O6. The number of nitrogens with one attached hydrogen (secondary N) is 2. The molecule has 0 aliphatic heterocycles. The zero-order valence-corrected chi connectivity index (χ0v) is 16.5. The van der Waals surface area contributed by atoms with E-state index in [1.807, 2.05) is 7.05 Å². The van der Waals surface area contributed by atoms with Crippen LogP contribution in [0.15, 0.2) is 24.3 Å². The molecule has 0 aromatic heterocycles. The third kappa shape index (κ3) is 11.9. The highest BCUT2D eigenvalue weighted by atomic mass is 16.7. The summed E-state index contributed by atoms with van der Waals surface area (Å²) < 4.78 is 4.48. The van der Waals surface area contributed by atoms with Gasteiger partial charge in [-0.1, -0.05) is 13.2 Å². The maximum Gasteiger partial charge on any atom is 0.352 e. The summed E-state index contributed by atoms with van der Waals surface area (Å²) in [6.07, 6.45) is 1.22. The molecule has 0 aliphatic carbocycles. The molecule has 0 atom stereocenters. The molecule has 4 N–H and O–H groups in total. The van der Waals surface area contributed by atoms with E-state index >= 15 is 0 Å². The lowest BCUT2D eigenvalue weighted by molar-refractivity contribution is -0.140. The zero-order valence-electron chi connectivity index (χ0n) is 16.5. The lowest BCUT2D eigenvalue weighted by atomic mass is 10.2. The summed E-state index contributed by atoms with van der Waals surface area (Å²) in [5, 5.41) is 5.40. The SMILES string of the molecule is BOC(=O)C(=C)CC(=O)NCCCN(C)CCCNC(=O)CC(=C)C(=O)ON. The number of hydrogen-bond donors (Lipinski definition) is 3. The Balaban J connectivity index is 3.76. The number of nitrogens with two attached hydrogens (primary N) is 1. The molecule has 0 aliphatic rings. The first-order chi connectivity index (χ1) is 13.2. The van der Waals surface area contributed by atoms with E-state index in [1.54, 1.807) is 0 Å². The molecule has 0 aromatic rings. The van der Waals surface area contributed by atoms with Crippen molar-refractivity contribution in [3.8, 4) is 0 Å². The molecule has 0 rings (SSSR count). The number of hydrogen-bond acceptors (Lipinski definition) is 8. The van der Waals surface area contributed by atoms with Gasteiger partial charge in [-0.25, -0.2) is 9.59 Å². The third-order valence-electron chi connectivity index (χ3n) is 3.70. The predicted molar refractivity (Wildman–Crippen MR) is 105 cm³/mol. The Morgan fingerprint density at radius 3 is 1.75 bits per heavy atom. The van der Waals surface area contributed by atoms with E-state index in [9.17, 15) is 19.2 Å². The van der Waals surface area contributed by atoms with Gasteiger partial charge in [-0.2, -0.15) is 5.90 Å². The predicted octanol–water partition coefficient (Wildman–Crippen LogP) is -1.67. The molecule has 11 heteroatoms. The molecule has 0 aromatic carbocycles. The van der Waals surface area contributed by atoms with Crippen LogP contribution in [0.25, 0.3) is 0 Å². The topological polar surface area (TPSA) is 140 Å². The van der Waals surface area contributed by atoms with Crippen LogP contribution in [-0.2, 0) is 28.7 Å². The van der Waals surface area contributed by atoms with E-state index in [0.29, 0.717) is 13.1 Å². The van der Waals surface area contributed by atoms with Gasteiger partial charge in [0.15, 0.2) is 0 Å². The number of amides is 2. The van der Waals surface area contributed by atoms with Crippen LogP contribution in [0.5, 0.6) is 0 Å². The number of nitrogens with zero attached hydrogens (tertiary/aromatic N) is 1. The van der Waals surface area contributed by atoms with Crippen LogP contribution in [0.1, 0.15) is 25.7 Å². The van der Waals surface area contributed by atoms with Gasteiger partial charge in [0, 0.05) is 24.2 Å². The Morgan fingerprint density at radius 2 is 1.36 bits per heavy atom. The first kappa shape index (κ1) is 25.3. The van der Waals surface area contributed by atoms with E-state index in [4.69, 9.17) is 5.90 Å². The maximum absolute atomic E-state index is 11.7. The molecule has 0 heterocycles. The van der Waals surface area contributed by atoms with Gasteiger partial charge in [0.1, 0.15) is 0 Å². The van der Waals surface area contributed by atoms with E-state index < -0.39 is 11.9 Å². The molecule has 28 heavy (non-hydrogen) atoms. The van der Waals surface area contributed by atoms with E-state index in [1.165, 1.54) is 8.05 Å². The van der Waals surface area contributed by atoms with Gasteiger partial charge < -0.3 is 25.0 Å². The van der Waals surface area contributed by atoms with Gasteiger partial charge in [0.25, 0.3) is 0 Å². The second-order valence-electron chi connectivity index (χ2n) is 6.17. The molecule has 0 saturated carbocycles. The van der Waals surface area contributed by atoms with Crippen LogP contribution in [0.3, 0.4) is 0 Å². The molecule has 10 nitrogen and oxygen atoms in total. The molecule has 0 spiro atoms. The lowest BCUT2D eigenvalue weighted by Gasteiger charge is -2.17. The standard InChI is InChI=1S/C17H29BN4O6/c1-12(16(25)27-18)10-14(23)20-6-4-8-22(3)9-5-7-21-15(24)11-13(2)17(26)28-19/h1-2,4-11,18-19H2,3H3,(H,20,23)(H,21,24). The fraction of sp³-hybridized carbons (Fsp3) is 0.529. The van der Waals surface area contributed by atoms with Crippen molar-refractivity contribution in [2.24, 2.45) is 5.90 Å². The quantitative estimate of drug-likeness (QED) is 0.137. The second kappa shape index (κ2) is 14.4. The van der Waals surface area contributed by atoms with Gasteiger partial charge >= 0.3 is 20.0 Å². The summed E-state index contributed by atoms with van der Waals surface area (Å²) in [6, 6.07) is 0. The van der Waals surface area contributed by atoms with Crippen LogP contribution in [-0.4, -0.2) is 69.9 Å². The minimum absolute atomic E-state index is 0.00525. The highest BCUT2D eigenvalue weighted by Crippen LogP contribution is 2.00. The molecule has 0 fully saturated rings. The Labute approximate surface area is 165 Å². The van der Waals surface area contributed by atoms with Gasteiger partial charge in [0.2, 0.25) is 11.8 Å². The Hall–Kier alpha value is -2.66. The molecule has 2 amide bonds. The molecule has 0 bridgehead atoms. The summed E-state index contributed by atoms with van der Waals surface area (Å²) >= 11 is 0. The summed E-state index contributed by atoms with van der Waals surface area (Å²) in [5.41, 5.74) is 0.108. The zero-order chi connectivity index (χ0) is 21.5. The van der Waals surface area contributed by atoms with Gasteiger partial charge in [0.05, 0.1) is 12.8 Å². The van der Waals surface area contributed by atoms with Crippen LogP contribution in [0, 0.1) is 0 Å². The Bertz CT molecular complexity index is 546. The molecule has 156 valence electrons. The van der Waals surface area contributed by atoms with Crippen LogP contribution < -0.4 is 16.5 Å². The van der Waals surface area contributed by atoms with Gasteiger partial charge in [-0.3, -0.25) is 9.59 Å². The molecule has 0 radical (unpaired) electrons. The van der Waals surface area contributed by atoms with Crippen LogP contribution in [0.4, 0.5) is 0 Å². The van der Waals surface area contributed by atoms with E-state index in [-0.39, 0.29) is 35.8 Å². The van der Waals surface area contributed by atoms with Crippen LogP contribution in [0.2, 0.25) is 0 Å². The van der Waals surface area contributed by atoms with Crippen molar-refractivity contribution in [2.45, 2.75) is 25.7 Å². The Morgan fingerprint density at radius 1 is 0.929 bits per heavy atom. The smallest absolute Gasteiger partial charge is 0.352 e. The highest BCUT2D eigenvalue weighted by Gasteiger charge is 2.12. The third-order valence-corrected chi connectivity index (χ3v) is 3.70. The van der Waals surface area contributed by atoms with Crippen molar-refractivity contribution in [3.63, 3.8) is 0 Å². The summed E-state index contributed by atoms with van der Waals surface area (Å²) in [7, 11) is 3.17. The number of rotatable bonds is 14. The largest absolute Gasteiger partial charge is 0.540 e. The van der Waals surface area contributed by atoms with Gasteiger partial charge in [-0.15, -0.1) is 0 Å². The average molecular weight is 396 g/mol. The van der Waals surface area contributed by atoms with Gasteiger partial charge in [-0.05, 0) is 33.0 Å². The van der Waals surface area contributed by atoms with Crippen molar-refractivity contribution in [1.82, 2.24) is 15.5 Å². The van der Waals surface area contributed by atoms with Crippen molar-refractivity contribution in [2.75, 3.05) is 33.2 Å². The fourth-order valence-corrected chi connectivity index (χ4v) is 2.15. The van der Waals surface area contributed by atoms with E-state index in [2.05, 4.69) is 38.2 Å². The first-order valence-electron chi connectivity index (χ1n) is 8.78. The second-order valence-corrected chi connectivity index (χ2v) is 6.17. The highest BCUT2D eigenvalue weighted by molar-refractivity contribution is 6.10. The minimum atomic E-state index is -0.809. The van der Waals surface area contributed by atoms with Crippen LogP contribution >= 0.6 is 0 Å². The summed E-state index contributed by atoms with van der Waals surface area (Å²) in [6.45, 7) is 9.36. The first-order valence-corrected chi connectivity index (χ1v) is 8.78. The monoisotopic (exact) mass is 396 g/mol. The van der Waals surface area contributed by atoms with Crippen molar-refractivity contribution in [3.05, 3.63) is 24.3 Å². The Kier molecular flexibility index (Phi) is 13.0. The fourth-order valence-electron chi connectivity index (χ4n) is 2.15. The maximum atomic E-state index is 11.7. The average Bonchev–Trinajstić information content (AvgIpc) is 2.66. The normalized spacial score (nSPS) is 10.1. The van der Waals surface area contributed by atoms with Crippen molar-refractivity contribution < 1.29 is 28.7 Å². The number of carbonyl (C=O) groups is 4. The van der Waals surface area contributed by atoms with Crippen molar-refractivity contribution >= 4 is 31.8 Å². The molecule has 0 saturated heterocycles. The minimum Gasteiger partial charge on any atom is -0.540 e. The molecule has 0 unspecified atom stereocenters. The lowest BCUT2D eigenvalue weighted by Crippen LogP contribution is -2.31. The number of carbonyl (C=O) groups excluding carboxylic acids is 4. The summed E-state index contributed by atoms with van der Waals surface area (Å²) in [4.78, 5) is 51.5. The summed E-state index contributed by atoms with van der Waals surface area (Å²) in [5.74, 6) is 2.71. The van der Waals surface area contributed by atoms with E-state index in [0.717, 1.165) is 25.9 Å². The van der Waals surface area contributed by atoms with Crippen molar-refractivity contribution in [1.29, 1.82) is 0 Å². The molecular weight excluding hydrogens is 367 g/mol.